The van der Waals surface area contributed by atoms with E-state index in [0.717, 1.165) is 6.07 Å². The molecule has 0 bridgehead atoms. The highest BCUT2D eigenvalue weighted by atomic mass is 35.5. The van der Waals surface area contributed by atoms with E-state index in [1.165, 1.54) is 17.0 Å². The summed E-state index contributed by atoms with van der Waals surface area (Å²) in [5.74, 6) is -0.923. The third-order valence-electron chi connectivity index (χ3n) is 3.10. The largest absolute Gasteiger partial charge is 0.408 e. The number of benzene rings is 1. The van der Waals surface area contributed by atoms with Gasteiger partial charge >= 0.3 is 6.18 Å². The average molecular weight is 333 g/mol. The Morgan fingerprint density at radius 3 is 2.30 bits per heavy atom. The van der Waals surface area contributed by atoms with Gasteiger partial charge in [0.05, 0.1) is 0 Å². The van der Waals surface area contributed by atoms with Crippen LogP contribution in [0, 0.1) is 5.82 Å². The highest BCUT2D eigenvalue weighted by Crippen LogP contribution is 2.41. The molecule has 1 heterocycles. The third-order valence-corrected chi connectivity index (χ3v) is 3.43. The van der Waals surface area contributed by atoms with Crippen LogP contribution < -0.4 is 5.32 Å². The molecular formula is C12H14Cl2F4N2. The molecule has 0 amide bonds. The quantitative estimate of drug-likeness (QED) is 0.835. The van der Waals surface area contributed by atoms with Crippen molar-refractivity contribution in [3.63, 3.8) is 0 Å². The Labute approximate surface area is 125 Å². The van der Waals surface area contributed by atoms with Crippen molar-refractivity contribution in [2.45, 2.75) is 12.2 Å². The molecule has 0 spiro atoms. The number of alkyl halides is 3. The first-order chi connectivity index (χ1) is 8.91. The van der Waals surface area contributed by atoms with E-state index in [9.17, 15) is 17.6 Å². The minimum Gasteiger partial charge on any atom is -0.314 e. The van der Waals surface area contributed by atoms with Gasteiger partial charge in [-0.2, -0.15) is 13.2 Å². The summed E-state index contributed by atoms with van der Waals surface area (Å²) in [7, 11) is 0. The molecule has 1 atom stereocenters. The highest BCUT2D eigenvalue weighted by Gasteiger charge is 2.47. The van der Waals surface area contributed by atoms with E-state index < -0.39 is 23.6 Å². The molecule has 0 aliphatic carbocycles. The van der Waals surface area contributed by atoms with Gasteiger partial charge in [-0.1, -0.05) is 17.7 Å². The van der Waals surface area contributed by atoms with Crippen LogP contribution in [0.2, 0.25) is 5.02 Å². The molecule has 0 radical (unpaired) electrons. The first-order valence-electron chi connectivity index (χ1n) is 5.86. The molecule has 1 fully saturated rings. The fourth-order valence-electron chi connectivity index (χ4n) is 2.27. The first-order valence-corrected chi connectivity index (χ1v) is 6.24. The Morgan fingerprint density at radius 1 is 1.20 bits per heavy atom. The summed E-state index contributed by atoms with van der Waals surface area (Å²) >= 11 is 5.77. The van der Waals surface area contributed by atoms with Crippen LogP contribution >= 0.6 is 24.0 Å². The number of hydrogen-bond donors (Lipinski definition) is 1. The number of rotatable bonds is 2. The van der Waals surface area contributed by atoms with Crippen molar-refractivity contribution in [3.8, 4) is 0 Å². The lowest BCUT2D eigenvalue weighted by Crippen LogP contribution is -2.49. The van der Waals surface area contributed by atoms with Crippen LogP contribution in [0.1, 0.15) is 11.6 Å². The second-order valence-electron chi connectivity index (χ2n) is 4.37. The van der Waals surface area contributed by atoms with E-state index >= 15 is 0 Å². The third kappa shape index (κ3) is 3.75. The van der Waals surface area contributed by atoms with E-state index in [1.54, 1.807) is 0 Å². The zero-order valence-corrected chi connectivity index (χ0v) is 12.0. The van der Waals surface area contributed by atoms with Crippen molar-refractivity contribution in [1.82, 2.24) is 10.2 Å². The van der Waals surface area contributed by atoms with Crippen molar-refractivity contribution in [2.75, 3.05) is 26.2 Å². The molecular weight excluding hydrogens is 319 g/mol. The lowest BCUT2D eigenvalue weighted by molar-refractivity contribution is -0.188. The normalized spacial score (nSPS) is 18.4. The number of nitrogens with one attached hydrogen (secondary N) is 1. The number of piperazine rings is 1. The molecule has 0 unspecified atom stereocenters. The maximum absolute atomic E-state index is 13.8. The van der Waals surface area contributed by atoms with Gasteiger partial charge in [0, 0.05) is 36.8 Å². The van der Waals surface area contributed by atoms with Crippen molar-refractivity contribution >= 4 is 24.0 Å². The number of nitrogens with zero attached hydrogens (tertiary/aromatic N) is 1. The number of halogens is 6. The van der Waals surface area contributed by atoms with Crippen molar-refractivity contribution in [3.05, 3.63) is 34.6 Å². The maximum Gasteiger partial charge on any atom is 0.408 e. The molecule has 1 N–H and O–H groups in total. The Hall–Kier alpha value is -0.560. The fourth-order valence-corrected chi connectivity index (χ4v) is 2.53. The predicted molar refractivity (Wildman–Crippen MR) is 71.9 cm³/mol. The fraction of sp³-hybridized carbons (Fsp3) is 0.500. The molecule has 8 heteroatoms. The van der Waals surface area contributed by atoms with E-state index in [-0.39, 0.29) is 30.5 Å². The molecule has 2 nitrogen and oxygen atoms in total. The van der Waals surface area contributed by atoms with Gasteiger partial charge in [-0.3, -0.25) is 4.90 Å². The molecule has 1 aliphatic heterocycles. The second-order valence-corrected chi connectivity index (χ2v) is 4.77. The Morgan fingerprint density at radius 2 is 1.80 bits per heavy atom. The molecule has 0 aromatic heterocycles. The van der Waals surface area contributed by atoms with Gasteiger partial charge in [0.1, 0.15) is 11.9 Å². The Kier molecular flexibility index (Phi) is 6.06. The predicted octanol–water partition coefficient (Wildman–Crippen LogP) is 3.41. The molecule has 20 heavy (non-hydrogen) atoms. The minimum absolute atomic E-state index is 0. The summed E-state index contributed by atoms with van der Waals surface area (Å²) in [5.41, 5.74) is -0.487. The van der Waals surface area contributed by atoms with E-state index in [4.69, 9.17) is 11.6 Å². The summed E-state index contributed by atoms with van der Waals surface area (Å²) < 4.78 is 53.5. The van der Waals surface area contributed by atoms with Crippen LogP contribution in [0.25, 0.3) is 0 Å². The maximum atomic E-state index is 13.8. The summed E-state index contributed by atoms with van der Waals surface area (Å²) in [6.45, 7) is 1.29. The molecule has 1 saturated heterocycles. The smallest absolute Gasteiger partial charge is 0.314 e. The lowest BCUT2D eigenvalue weighted by atomic mass is 10.0. The van der Waals surface area contributed by atoms with Crippen molar-refractivity contribution in [1.29, 1.82) is 0 Å². The minimum atomic E-state index is -4.57. The van der Waals surface area contributed by atoms with Crippen LogP contribution in [0.4, 0.5) is 17.6 Å². The molecule has 1 aromatic rings. The molecule has 2 rings (SSSR count). The molecule has 1 aliphatic rings. The topological polar surface area (TPSA) is 15.3 Å². The van der Waals surface area contributed by atoms with Gasteiger partial charge in [0.15, 0.2) is 0 Å². The van der Waals surface area contributed by atoms with Crippen LogP contribution in [0.15, 0.2) is 18.2 Å². The van der Waals surface area contributed by atoms with Gasteiger partial charge in [-0.25, -0.2) is 4.39 Å². The Balaban J connectivity index is 0.00000200. The zero-order valence-electron chi connectivity index (χ0n) is 10.4. The highest BCUT2D eigenvalue weighted by molar-refractivity contribution is 6.31. The van der Waals surface area contributed by atoms with E-state index in [0.29, 0.717) is 13.1 Å². The van der Waals surface area contributed by atoms with Gasteiger partial charge in [-0.15, -0.1) is 12.4 Å². The van der Waals surface area contributed by atoms with E-state index in [2.05, 4.69) is 5.32 Å². The van der Waals surface area contributed by atoms with Crippen LogP contribution in [-0.2, 0) is 0 Å². The Bertz CT molecular complexity index is 427. The van der Waals surface area contributed by atoms with Crippen molar-refractivity contribution in [2.24, 2.45) is 0 Å². The van der Waals surface area contributed by atoms with Crippen LogP contribution in [-0.4, -0.2) is 37.3 Å². The van der Waals surface area contributed by atoms with Crippen molar-refractivity contribution < 1.29 is 17.6 Å². The van der Waals surface area contributed by atoms with Crippen LogP contribution in [0.3, 0.4) is 0 Å². The summed E-state index contributed by atoms with van der Waals surface area (Å²) in [5, 5.41) is 2.77. The van der Waals surface area contributed by atoms with Crippen LogP contribution in [0.5, 0.6) is 0 Å². The molecule has 0 saturated carbocycles. The summed E-state index contributed by atoms with van der Waals surface area (Å²) in [6, 6.07) is 1.58. The van der Waals surface area contributed by atoms with Gasteiger partial charge < -0.3 is 5.32 Å². The molecule has 114 valence electrons. The first kappa shape index (κ1) is 17.5. The van der Waals surface area contributed by atoms with Gasteiger partial charge in [0.25, 0.3) is 0 Å². The SMILES string of the molecule is Cl.Fc1cccc(Cl)c1[C@@H](N1CCNCC1)C(F)(F)F. The second kappa shape index (κ2) is 6.93. The van der Waals surface area contributed by atoms with E-state index in [1.807, 2.05) is 0 Å². The summed E-state index contributed by atoms with van der Waals surface area (Å²) in [6.07, 6.45) is -4.57. The lowest BCUT2D eigenvalue weighted by Gasteiger charge is -2.36. The number of hydrogen-bond acceptors (Lipinski definition) is 2. The molecule has 1 aromatic carbocycles. The monoisotopic (exact) mass is 332 g/mol. The average Bonchev–Trinajstić information content (AvgIpc) is 2.33. The van der Waals surface area contributed by atoms with Gasteiger partial charge in [-0.05, 0) is 12.1 Å². The standard InChI is InChI=1S/C12H13ClF4N2.ClH/c13-8-2-1-3-9(14)10(8)11(12(15,16)17)19-6-4-18-5-7-19;/h1-3,11,18H,4-7H2;1H/t11-;/m1./s1. The van der Waals surface area contributed by atoms with Gasteiger partial charge in [0.2, 0.25) is 0 Å². The summed E-state index contributed by atoms with van der Waals surface area (Å²) in [4.78, 5) is 1.21. The zero-order chi connectivity index (χ0) is 14.0.